The van der Waals surface area contributed by atoms with Crippen molar-refractivity contribution >= 4 is 11.5 Å². The first-order valence-electron chi connectivity index (χ1n) is 5.03. The fraction of sp³-hybridized carbons (Fsp3) is 0.500. The third kappa shape index (κ3) is 2.14. The molecule has 1 aromatic rings. The van der Waals surface area contributed by atoms with Crippen LogP contribution in [0, 0.1) is 0 Å². The Bertz CT molecular complexity index is 275. The van der Waals surface area contributed by atoms with Crippen molar-refractivity contribution < 1.29 is 0 Å². The average molecular weight is 192 g/mol. The number of anilines is 2. The molecule has 0 atom stereocenters. The lowest BCUT2D eigenvalue weighted by atomic mass is 10.3. The summed E-state index contributed by atoms with van der Waals surface area (Å²) in [5.74, 6) is 0.585. The Balaban J connectivity index is 2.08. The van der Waals surface area contributed by atoms with E-state index in [1.165, 1.54) is 12.1 Å². The van der Waals surface area contributed by atoms with Gasteiger partial charge in [0.05, 0.1) is 11.9 Å². The van der Waals surface area contributed by atoms with Crippen LogP contribution in [0.1, 0.15) is 6.42 Å². The van der Waals surface area contributed by atoms with Gasteiger partial charge < -0.3 is 16.0 Å². The SMILES string of the molecule is Nc1ccc(N2CCCNCC2)cn1. The third-order valence-electron chi connectivity index (χ3n) is 2.48. The lowest BCUT2D eigenvalue weighted by Crippen LogP contribution is -2.27. The molecule has 1 aliphatic rings. The highest BCUT2D eigenvalue weighted by molar-refractivity contribution is 5.48. The van der Waals surface area contributed by atoms with Crippen molar-refractivity contribution in [3.05, 3.63) is 18.3 Å². The summed E-state index contributed by atoms with van der Waals surface area (Å²) in [7, 11) is 0. The summed E-state index contributed by atoms with van der Waals surface area (Å²) < 4.78 is 0. The lowest BCUT2D eigenvalue weighted by Gasteiger charge is -2.21. The molecule has 0 bridgehead atoms. The Morgan fingerprint density at radius 3 is 3.00 bits per heavy atom. The first-order valence-corrected chi connectivity index (χ1v) is 5.03. The van der Waals surface area contributed by atoms with Gasteiger partial charge in [-0.25, -0.2) is 4.98 Å². The van der Waals surface area contributed by atoms with E-state index in [1.807, 2.05) is 18.3 Å². The number of nitrogens with one attached hydrogen (secondary N) is 1. The van der Waals surface area contributed by atoms with Crippen LogP contribution in [0.25, 0.3) is 0 Å². The van der Waals surface area contributed by atoms with Gasteiger partial charge in [0.2, 0.25) is 0 Å². The summed E-state index contributed by atoms with van der Waals surface area (Å²) >= 11 is 0. The maximum Gasteiger partial charge on any atom is 0.123 e. The maximum absolute atomic E-state index is 5.55. The molecule has 1 aromatic heterocycles. The molecule has 0 amide bonds. The van der Waals surface area contributed by atoms with E-state index in [0.29, 0.717) is 5.82 Å². The van der Waals surface area contributed by atoms with Crippen LogP contribution in [0.15, 0.2) is 18.3 Å². The van der Waals surface area contributed by atoms with Crippen LogP contribution in [-0.2, 0) is 0 Å². The number of hydrogen-bond acceptors (Lipinski definition) is 4. The van der Waals surface area contributed by atoms with E-state index in [-0.39, 0.29) is 0 Å². The summed E-state index contributed by atoms with van der Waals surface area (Å²) in [5, 5.41) is 3.37. The summed E-state index contributed by atoms with van der Waals surface area (Å²) in [6.07, 6.45) is 3.03. The Kier molecular flexibility index (Phi) is 2.84. The smallest absolute Gasteiger partial charge is 0.123 e. The molecule has 0 aromatic carbocycles. The van der Waals surface area contributed by atoms with Crippen LogP contribution in [0.3, 0.4) is 0 Å². The van der Waals surface area contributed by atoms with Crippen LogP contribution in [0.4, 0.5) is 11.5 Å². The molecular formula is C10H16N4. The minimum atomic E-state index is 0.585. The van der Waals surface area contributed by atoms with Crippen LogP contribution >= 0.6 is 0 Å². The van der Waals surface area contributed by atoms with Crippen molar-refractivity contribution in [3.8, 4) is 0 Å². The highest BCUT2D eigenvalue weighted by atomic mass is 15.2. The van der Waals surface area contributed by atoms with E-state index in [4.69, 9.17) is 5.73 Å². The monoisotopic (exact) mass is 192 g/mol. The number of hydrogen-bond donors (Lipinski definition) is 2. The fourth-order valence-corrected chi connectivity index (χ4v) is 1.69. The third-order valence-corrected chi connectivity index (χ3v) is 2.48. The molecule has 0 radical (unpaired) electrons. The Hall–Kier alpha value is -1.29. The molecule has 14 heavy (non-hydrogen) atoms. The van der Waals surface area contributed by atoms with Crippen LogP contribution in [-0.4, -0.2) is 31.2 Å². The van der Waals surface area contributed by atoms with Crippen molar-refractivity contribution in [2.75, 3.05) is 36.8 Å². The fourth-order valence-electron chi connectivity index (χ4n) is 1.69. The Morgan fingerprint density at radius 1 is 1.29 bits per heavy atom. The van der Waals surface area contributed by atoms with E-state index in [9.17, 15) is 0 Å². The van der Waals surface area contributed by atoms with Gasteiger partial charge in [-0.05, 0) is 25.1 Å². The number of nitrogens with two attached hydrogens (primary N) is 1. The Morgan fingerprint density at radius 2 is 2.21 bits per heavy atom. The molecule has 3 N–H and O–H groups in total. The van der Waals surface area contributed by atoms with E-state index in [2.05, 4.69) is 15.2 Å². The molecule has 0 saturated carbocycles. The van der Waals surface area contributed by atoms with Crippen molar-refractivity contribution in [1.82, 2.24) is 10.3 Å². The van der Waals surface area contributed by atoms with Crippen molar-refractivity contribution in [3.63, 3.8) is 0 Å². The first-order chi connectivity index (χ1) is 6.86. The average Bonchev–Trinajstić information content (AvgIpc) is 2.47. The quantitative estimate of drug-likeness (QED) is 0.679. The van der Waals surface area contributed by atoms with Crippen molar-refractivity contribution in [2.24, 2.45) is 0 Å². The van der Waals surface area contributed by atoms with E-state index in [1.54, 1.807) is 0 Å². The Labute approximate surface area is 84.1 Å². The van der Waals surface area contributed by atoms with E-state index < -0.39 is 0 Å². The second-order valence-electron chi connectivity index (χ2n) is 3.53. The zero-order chi connectivity index (χ0) is 9.80. The number of aromatic nitrogens is 1. The van der Waals surface area contributed by atoms with E-state index in [0.717, 1.165) is 26.2 Å². The molecule has 1 fully saturated rings. The summed E-state index contributed by atoms with van der Waals surface area (Å²) in [5.41, 5.74) is 6.71. The zero-order valence-corrected chi connectivity index (χ0v) is 8.24. The molecule has 2 heterocycles. The highest BCUT2D eigenvalue weighted by Crippen LogP contribution is 2.14. The number of pyridine rings is 1. The van der Waals surface area contributed by atoms with Gasteiger partial charge in [-0.15, -0.1) is 0 Å². The van der Waals surface area contributed by atoms with E-state index >= 15 is 0 Å². The largest absolute Gasteiger partial charge is 0.384 e. The molecule has 1 aliphatic heterocycles. The topological polar surface area (TPSA) is 54.2 Å². The molecule has 1 saturated heterocycles. The predicted molar refractivity (Wildman–Crippen MR) is 58.3 cm³/mol. The van der Waals surface area contributed by atoms with Gasteiger partial charge in [0, 0.05) is 19.6 Å². The molecular weight excluding hydrogens is 176 g/mol. The first kappa shape index (κ1) is 9.27. The van der Waals surface area contributed by atoms with Crippen LogP contribution in [0.2, 0.25) is 0 Å². The van der Waals surface area contributed by atoms with Gasteiger partial charge in [0.15, 0.2) is 0 Å². The van der Waals surface area contributed by atoms with Crippen LogP contribution < -0.4 is 16.0 Å². The van der Waals surface area contributed by atoms with Crippen molar-refractivity contribution in [2.45, 2.75) is 6.42 Å². The summed E-state index contributed by atoms with van der Waals surface area (Å²) in [6.45, 7) is 4.30. The molecule has 2 rings (SSSR count). The number of rotatable bonds is 1. The maximum atomic E-state index is 5.55. The highest BCUT2D eigenvalue weighted by Gasteiger charge is 2.08. The molecule has 0 spiro atoms. The van der Waals surface area contributed by atoms with Gasteiger partial charge >= 0.3 is 0 Å². The van der Waals surface area contributed by atoms with Gasteiger partial charge in [-0.2, -0.15) is 0 Å². The number of nitrogens with zero attached hydrogens (tertiary/aromatic N) is 2. The molecule has 4 nitrogen and oxygen atoms in total. The van der Waals surface area contributed by atoms with Crippen LogP contribution in [0.5, 0.6) is 0 Å². The minimum absolute atomic E-state index is 0.585. The second-order valence-corrected chi connectivity index (χ2v) is 3.53. The molecule has 0 aliphatic carbocycles. The summed E-state index contributed by atoms with van der Waals surface area (Å²) in [6, 6.07) is 3.89. The molecule has 0 unspecified atom stereocenters. The van der Waals surface area contributed by atoms with Gasteiger partial charge in [0.25, 0.3) is 0 Å². The van der Waals surface area contributed by atoms with Gasteiger partial charge in [-0.1, -0.05) is 0 Å². The number of nitrogen functional groups attached to an aromatic ring is 1. The lowest BCUT2D eigenvalue weighted by molar-refractivity contribution is 0.724. The predicted octanol–water partition coefficient (Wildman–Crippen LogP) is 0.463. The van der Waals surface area contributed by atoms with Gasteiger partial charge in [0.1, 0.15) is 5.82 Å². The summed E-state index contributed by atoms with van der Waals surface area (Å²) in [4.78, 5) is 6.44. The minimum Gasteiger partial charge on any atom is -0.384 e. The molecule has 76 valence electrons. The molecule has 4 heteroatoms. The standard InChI is InChI=1S/C10H16N4/c11-10-3-2-9(8-13-10)14-6-1-4-12-5-7-14/h2-3,8,12H,1,4-7H2,(H2,11,13). The second kappa shape index (κ2) is 4.28. The van der Waals surface area contributed by atoms with Crippen molar-refractivity contribution in [1.29, 1.82) is 0 Å². The normalized spacial score (nSPS) is 17.9. The van der Waals surface area contributed by atoms with Gasteiger partial charge in [-0.3, -0.25) is 0 Å². The zero-order valence-electron chi connectivity index (χ0n) is 8.24.